The number of aliphatic hydroxyl groups is 4. The summed E-state index contributed by atoms with van der Waals surface area (Å²) in [6.45, 7) is 12.2. The minimum Gasteiger partial charge on any atom is -0.386 e. The molecule has 0 saturated heterocycles. The first-order chi connectivity index (χ1) is 10.3. The van der Waals surface area contributed by atoms with Gasteiger partial charge in [0.15, 0.2) is 0 Å². The van der Waals surface area contributed by atoms with Crippen LogP contribution in [0.5, 0.6) is 0 Å². The van der Waals surface area contributed by atoms with Gasteiger partial charge in [-0.15, -0.1) is 0 Å². The molecule has 0 unspecified atom stereocenters. The van der Waals surface area contributed by atoms with Crippen LogP contribution in [0.4, 0.5) is 0 Å². The maximum absolute atomic E-state index is 10.6. The Morgan fingerprint density at radius 2 is 0.583 bits per heavy atom. The highest BCUT2D eigenvalue weighted by Crippen LogP contribution is 2.50. The lowest BCUT2D eigenvalue weighted by atomic mass is 9.76. The molecule has 1 aromatic carbocycles. The summed E-state index contributed by atoms with van der Waals surface area (Å²) in [5.74, 6) is 0. The third-order valence-electron chi connectivity index (χ3n) is 3.83. The number of hydrogen-bond acceptors (Lipinski definition) is 4. The van der Waals surface area contributed by atoms with E-state index in [1.807, 2.05) is 0 Å². The Hall–Kier alpha value is -0.360. The molecule has 0 aromatic heterocycles. The molecule has 138 valence electrons. The van der Waals surface area contributed by atoms with Crippen LogP contribution < -0.4 is 0 Å². The van der Waals surface area contributed by atoms with Gasteiger partial charge in [-0.3, -0.25) is 0 Å². The summed E-state index contributed by atoms with van der Waals surface area (Å²) < 4.78 is 0. The molecule has 0 aliphatic rings. The lowest BCUT2D eigenvalue weighted by Gasteiger charge is -2.38. The standard InChI is InChI=1S/C18H28Cl2O4/c1-15(2,21)9-10(16(3,4)22)14(20)12(18(7,8)24)11(13(9)19)17(5,6)23/h21-24H,1-8H3. The van der Waals surface area contributed by atoms with Crippen LogP contribution in [0.15, 0.2) is 0 Å². The van der Waals surface area contributed by atoms with Gasteiger partial charge in [-0.25, -0.2) is 0 Å². The molecule has 1 aromatic rings. The summed E-state index contributed by atoms with van der Waals surface area (Å²) >= 11 is 13.1. The zero-order valence-electron chi connectivity index (χ0n) is 15.5. The highest BCUT2D eigenvalue weighted by molar-refractivity contribution is 6.36. The van der Waals surface area contributed by atoms with E-state index in [0.717, 1.165) is 0 Å². The van der Waals surface area contributed by atoms with E-state index >= 15 is 0 Å². The Morgan fingerprint density at radius 3 is 0.667 bits per heavy atom. The molecule has 0 radical (unpaired) electrons. The van der Waals surface area contributed by atoms with Crippen molar-refractivity contribution in [3.63, 3.8) is 0 Å². The average Bonchev–Trinajstić information content (AvgIpc) is 2.24. The van der Waals surface area contributed by atoms with E-state index in [-0.39, 0.29) is 32.3 Å². The van der Waals surface area contributed by atoms with E-state index in [0.29, 0.717) is 0 Å². The monoisotopic (exact) mass is 378 g/mol. The van der Waals surface area contributed by atoms with Gasteiger partial charge in [0.1, 0.15) is 0 Å². The van der Waals surface area contributed by atoms with Gasteiger partial charge in [-0.2, -0.15) is 0 Å². The van der Waals surface area contributed by atoms with E-state index in [4.69, 9.17) is 23.2 Å². The van der Waals surface area contributed by atoms with Crippen LogP contribution in [0.25, 0.3) is 0 Å². The summed E-state index contributed by atoms with van der Waals surface area (Å²) in [6.07, 6.45) is 0. The molecule has 0 atom stereocenters. The molecule has 0 saturated carbocycles. The third kappa shape index (κ3) is 4.06. The zero-order chi connectivity index (χ0) is 19.5. The van der Waals surface area contributed by atoms with E-state index in [2.05, 4.69) is 0 Å². The minimum absolute atomic E-state index is 0.0775. The summed E-state index contributed by atoms with van der Waals surface area (Å²) in [7, 11) is 0. The van der Waals surface area contributed by atoms with Crippen LogP contribution in [0.3, 0.4) is 0 Å². The fraction of sp³-hybridized carbons (Fsp3) is 0.667. The molecule has 4 N–H and O–H groups in total. The maximum atomic E-state index is 10.6. The molecule has 0 heterocycles. The second kappa shape index (κ2) is 6.11. The Balaban J connectivity index is 4.28. The number of benzene rings is 1. The minimum atomic E-state index is -1.42. The van der Waals surface area contributed by atoms with Crippen molar-refractivity contribution < 1.29 is 20.4 Å². The van der Waals surface area contributed by atoms with Crippen LogP contribution in [0.1, 0.15) is 77.6 Å². The molecule has 6 heteroatoms. The van der Waals surface area contributed by atoms with E-state index in [1.165, 1.54) is 55.4 Å². The van der Waals surface area contributed by atoms with Crippen LogP contribution in [0, 0.1) is 0 Å². The largest absolute Gasteiger partial charge is 0.386 e. The van der Waals surface area contributed by atoms with Crippen molar-refractivity contribution in [2.24, 2.45) is 0 Å². The molecule has 0 aliphatic carbocycles. The first-order valence-electron chi connectivity index (χ1n) is 7.77. The van der Waals surface area contributed by atoms with Gasteiger partial charge < -0.3 is 20.4 Å². The summed E-state index contributed by atoms with van der Waals surface area (Å²) in [6, 6.07) is 0. The zero-order valence-corrected chi connectivity index (χ0v) is 17.1. The Kier molecular flexibility index (Phi) is 5.52. The molecule has 0 aliphatic heterocycles. The van der Waals surface area contributed by atoms with Crippen molar-refractivity contribution in [2.75, 3.05) is 0 Å². The first-order valence-corrected chi connectivity index (χ1v) is 8.53. The lowest BCUT2D eigenvalue weighted by Crippen LogP contribution is -2.33. The van der Waals surface area contributed by atoms with Crippen molar-refractivity contribution >= 4 is 23.2 Å². The molecular formula is C18H28Cl2O4. The van der Waals surface area contributed by atoms with Gasteiger partial charge in [-0.1, -0.05) is 23.2 Å². The van der Waals surface area contributed by atoms with Crippen LogP contribution in [-0.4, -0.2) is 20.4 Å². The molecule has 24 heavy (non-hydrogen) atoms. The fourth-order valence-electron chi connectivity index (χ4n) is 2.99. The maximum Gasteiger partial charge on any atom is 0.0859 e. The van der Waals surface area contributed by atoms with Crippen molar-refractivity contribution in [1.29, 1.82) is 0 Å². The highest BCUT2D eigenvalue weighted by atomic mass is 35.5. The normalized spacial score (nSPS) is 14.2. The molecule has 0 amide bonds. The van der Waals surface area contributed by atoms with E-state index < -0.39 is 22.4 Å². The highest BCUT2D eigenvalue weighted by Gasteiger charge is 2.41. The van der Waals surface area contributed by atoms with Crippen LogP contribution in [0.2, 0.25) is 10.0 Å². The van der Waals surface area contributed by atoms with Crippen LogP contribution >= 0.6 is 23.2 Å². The third-order valence-corrected chi connectivity index (χ3v) is 4.58. The second-order valence-electron chi connectivity index (χ2n) is 8.36. The average molecular weight is 379 g/mol. The Labute approximate surface area is 154 Å². The summed E-state index contributed by atoms with van der Waals surface area (Å²) in [5.41, 5.74) is -4.78. The summed E-state index contributed by atoms with van der Waals surface area (Å²) in [4.78, 5) is 0. The number of rotatable bonds is 4. The van der Waals surface area contributed by atoms with Crippen molar-refractivity contribution in [1.82, 2.24) is 0 Å². The van der Waals surface area contributed by atoms with Crippen molar-refractivity contribution in [2.45, 2.75) is 77.8 Å². The van der Waals surface area contributed by atoms with Crippen LogP contribution in [-0.2, 0) is 22.4 Å². The number of hydrogen-bond donors (Lipinski definition) is 4. The predicted molar refractivity (Wildman–Crippen MR) is 97.4 cm³/mol. The second-order valence-corrected chi connectivity index (χ2v) is 9.12. The molecule has 1 rings (SSSR count). The topological polar surface area (TPSA) is 80.9 Å². The van der Waals surface area contributed by atoms with Gasteiger partial charge >= 0.3 is 0 Å². The SMILES string of the molecule is CC(C)(O)c1c(Cl)c(C(C)(C)O)c(C(C)(C)O)c(Cl)c1C(C)(C)O. The summed E-state index contributed by atoms with van der Waals surface area (Å²) in [5, 5.41) is 42.7. The quantitative estimate of drug-likeness (QED) is 0.640. The first kappa shape index (κ1) is 21.7. The predicted octanol–water partition coefficient (Wildman–Crippen LogP) is 3.90. The molecule has 0 spiro atoms. The fourth-order valence-corrected chi connectivity index (χ4v) is 4.29. The van der Waals surface area contributed by atoms with Gasteiger partial charge in [0.05, 0.1) is 32.4 Å². The Morgan fingerprint density at radius 1 is 0.458 bits per heavy atom. The molecular weight excluding hydrogens is 351 g/mol. The van der Waals surface area contributed by atoms with E-state index in [9.17, 15) is 20.4 Å². The van der Waals surface area contributed by atoms with Gasteiger partial charge in [-0.05, 0) is 55.4 Å². The van der Waals surface area contributed by atoms with E-state index in [1.54, 1.807) is 0 Å². The lowest BCUT2D eigenvalue weighted by molar-refractivity contribution is 0.0422. The molecule has 0 bridgehead atoms. The van der Waals surface area contributed by atoms with Crippen molar-refractivity contribution in [3.8, 4) is 0 Å². The number of halogens is 2. The molecule has 0 fully saturated rings. The van der Waals surface area contributed by atoms with Crippen molar-refractivity contribution in [3.05, 3.63) is 32.3 Å². The molecule has 4 nitrogen and oxygen atoms in total. The van der Waals surface area contributed by atoms with Gasteiger partial charge in [0.25, 0.3) is 0 Å². The Bertz CT molecular complexity index is 529. The van der Waals surface area contributed by atoms with Gasteiger partial charge in [0.2, 0.25) is 0 Å². The smallest absolute Gasteiger partial charge is 0.0859 e. The van der Waals surface area contributed by atoms with Gasteiger partial charge in [0, 0.05) is 22.3 Å².